The van der Waals surface area contributed by atoms with E-state index in [1.807, 2.05) is 0 Å². The zero-order chi connectivity index (χ0) is 12.0. The van der Waals surface area contributed by atoms with Crippen LogP contribution in [-0.4, -0.2) is 35.1 Å². The first-order chi connectivity index (χ1) is 7.63. The molecule has 5 nitrogen and oxygen atoms in total. The lowest BCUT2D eigenvalue weighted by molar-refractivity contribution is -0.120. The third-order valence-corrected chi connectivity index (χ3v) is 2.00. The minimum Gasteiger partial charge on any atom is -0.478 e. The molecule has 1 rings (SSSR count). The van der Waals surface area contributed by atoms with Crippen LogP contribution in [0, 0.1) is 0 Å². The van der Waals surface area contributed by atoms with Crippen LogP contribution in [0.1, 0.15) is 15.9 Å². The Hall–Kier alpha value is -1.72. The first kappa shape index (κ1) is 12.4. The van der Waals surface area contributed by atoms with Crippen molar-refractivity contribution in [3.63, 3.8) is 0 Å². The van der Waals surface area contributed by atoms with Gasteiger partial charge in [0.1, 0.15) is 6.61 Å². The molecule has 86 valence electrons. The summed E-state index contributed by atoms with van der Waals surface area (Å²) < 4.78 is 0. The Bertz CT molecular complexity index is 389. The molecule has 0 atom stereocenters. The van der Waals surface area contributed by atoms with E-state index in [2.05, 4.69) is 5.32 Å². The van der Waals surface area contributed by atoms with Crippen LogP contribution in [0.2, 0.25) is 0 Å². The lowest BCUT2D eigenvalue weighted by Crippen LogP contribution is -2.24. The quantitative estimate of drug-likeness (QED) is 0.633. The number of ketones is 1. The van der Waals surface area contributed by atoms with Crippen LogP contribution >= 0.6 is 0 Å². The Morgan fingerprint density at radius 1 is 1.31 bits per heavy atom. The molecule has 0 aromatic heterocycles. The van der Waals surface area contributed by atoms with Gasteiger partial charge >= 0.3 is 5.97 Å². The Balaban J connectivity index is 2.51. The topological polar surface area (TPSA) is 86.6 Å². The lowest BCUT2D eigenvalue weighted by atomic mass is 10.1. The molecule has 0 aliphatic carbocycles. The maximum atomic E-state index is 10.8. The zero-order valence-electron chi connectivity index (χ0n) is 8.64. The third kappa shape index (κ3) is 3.80. The lowest BCUT2D eigenvalue weighted by Gasteiger charge is -2.04. The van der Waals surface area contributed by atoms with Crippen LogP contribution in [0.4, 0.5) is 0 Å². The molecule has 0 spiro atoms. The van der Waals surface area contributed by atoms with Crippen LogP contribution in [0.25, 0.3) is 0 Å². The van der Waals surface area contributed by atoms with E-state index in [0.29, 0.717) is 6.54 Å². The third-order valence-electron chi connectivity index (χ3n) is 2.00. The maximum Gasteiger partial charge on any atom is 0.335 e. The number of aliphatic hydroxyl groups is 1. The number of carbonyl (C=O) groups is 2. The van der Waals surface area contributed by atoms with Gasteiger partial charge in [-0.15, -0.1) is 0 Å². The van der Waals surface area contributed by atoms with Crippen molar-refractivity contribution >= 4 is 11.8 Å². The summed E-state index contributed by atoms with van der Waals surface area (Å²) in [4.78, 5) is 21.4. The minimum atomic E-state index is -0.978. The van der Waals surface area contributed by atoms with Gasteiger partial charge in [0.05, 0.1) is 12.1 Å². The summed E-state index contributed by atoms with van der Waals surface area (Å²) in [6, 6.07) is 6.46. The maximum absolute atomic E-state index is 10.8. The standard InChI is InChI=1S/C11H13NO4/c13-7-10(14)6-12-5-8-2-1-3-9(4-8)11(15)16/h1-4,12-13H,5-7H2,(H,15,16). The average molecular weight is 223 g/mol. The highest BCUT2D eigenvalue weighted by molar-refractivity contribution is 5.87. The SMILES string of the molecule is O=C(CO)CNCc1cccc(C(=O)O)c1. The molecule has 3 N–H and O–H groups in total. The van der Waals surface area contributed by atoms with Crippen LogP contribution in [0.3, 0.4) is 0 Å². The number of rotatable bonds is 6. The van der Waals surface area contributed by atoms with Gasteiger partial charge in [0, 0.05) is 6.54 Å². The van der Waals surface area contributed by atoms with Crippen LogP contribution in [-0.2, 0) is 11.3 Å². The molecule has 0 fully saturated rings. The molecule has 1 aromatic rings. The number of carboxylic acid groups (broad SMARTS) is 1. The number of carbonyl (C=O) groups excluding carboxylic acids is 1. The first-order valence-electron chi connectivity index (χ1n) is 4.79. The minimum absolute atomic E-state index is 0.0772. The van der Waals surface area contributed by atoms with Gasteiger partial charge in [0.25, 0.3) is 0 Å². The van der Waals surface area contributed by atoms with Gasteiger partial charge in [0.15, 0.2) is 5.78 Å². The summed E-state index contributed by atoms with van der Waals surface area (Å²) in [5.74, 6) is -1.28. The van der Waals surface area contributed by atoms with Crippen molar-refractivity contribution in [1.82, 2.24) is 5.32 Å². The molecule has 0 bridgehead atoms. The molecule has 16 heavy (non-hydrogen) atoms. The zero-order valence-corrected chi connectivity index (χ0v) is 8.64. The van der Waals surface area contributed by atoms with Crippen molar-refractivity contribution in [1.29, 1.82) is 0 Å². The Morgan fingerprint density at radius 3 is 2.69 bits per heavy atom. The molecule has 0 amide bonds. The monoisotopic (exact) mass is 223 g/mol. The van der Waals surface area contributed by atoms with E-state index < -0.39 is 12.6 Å². The molecule has 1 aromatic carbocycles. The van der Waals surface area contributed by atoms with Crippen LogP contribution in [0.5, 0.6) is 0 Å². The number of aromatic carboxylic acids is 1. The summed E-state index contributed by atoms with van der Waals surface area (Å²) in [5, 5.41) is 20.1. The highest BCUT2D eigenvalue weighted by Crippen LogP contribution is 2.04. The highest BCUT2D eigenvalue weighted by Gasteiger charge is 2.03. The van der Waals surface area contributed by atoms with Crippen LogP contribution < -0.4 is 5.32 Å². The van der Waals surface area contributed by atoms with E-state index in [4.69, 9.17) is 10.2 Å². The fourth-order valence-corrected chi connectivity index (χ4v) is 1.22. The van der Waals surface area contributed by atoms with Gasteiger partial charge in [-0.2, -0.15) is 0 Å². The number of Topliss-reactive ketones (excluding diaryl/α,β-unsaturated/α-hetero) is 1. The normalized spacial score (nSPS) is 10.1. The van der Waals surface area contributed by atoms with E-state index in [9.17, 15) is 9.59 Å². The summed E-state index contributed by atoms with van der Waals surface area (Å²) in [6.07, 6.45) is 0. The van der Waals surface area contributed by atoms with Crippen molar-refractivity contribution in [3.05, 3.63) is 35.4 Å². The van der Waals surface area contributed by atoms with E-state index in [-0.39, 0.29) is 17.9 Å². The number of aliphatic hydroxyl groups excluding tert-OH is 1. The Labute approximate surface area is 92.7 Å². The van der Waals surface area contributed by atoms with Gasteiger partial charge in [-0.25, -0.2) is 4.79 Å². The summed E-state index contributed by atoms with van der Waals surface area (Å²) in [6.45, 7) is -0.0111. The smallest absolute Gasteiger partial charge is 0.335 e. The predicted molar refractivity (Wildman–Crippen MR) is 57.2 cm³/mol. The second-order valence-electron chi connectivity index (χ2n) is 3.31. The molecule has 5 heteroatoms. The van der Waals surface area contributed by atoms with Crippen molar-refractivity contribution in [2.24, 2.45) is 0 Å². The fourth-order valence-electron chi connectivity index (χ4n) is 1.22. The average Bonchev–Trinajstić information content (AvgIpc) is 2.29. The van der Waals surface area contributed by atoms with E-state index in [1.165, 1.54) is 6.07 Å². The molecule has 0 saturated heterocycles. The summed E-state index contributed by atoms with van der Waals surface area (Å²) in [5.41, 5.74) is 0.999. The van der Waals surface area contributed by atoms with Crippen LogP contribution in [0.15, 0.2) is 24.3 Å². The van der Waals surface area contributed by atoms with Crippen molar-refractivity contribution in [3.8, 4) is 0 Å². The molecule has 0 aliphatic rings. The van der Waals surface area contributed by atoms with Gasteiger partial charge < -0.3 is 15.5 Å². The molecule has 0 heterocycles. The van der Waals surface area contributed by atoms with Gasteiger partial charge in [-0.3, -0.25) is 4.79 Å². The van der Waals surface area contributed by atoms with Crippen molar-refractivity contribution < 1.29 is 19.8 Å². The van der Waals surface area contributed by atoms with Gasteiger partial charge in [0.2, 0.25) is 0 Å². The highest BCUT2D eigenvalue weighted by atomic mass is 16.4. The summed E-state index contributed by atoms with van der Waals surface area (Å²) in [7, 11) is 0. The van der Waals surface area contributed by atoms with Crippen molar-refractivity contribution in [2.75, 3.05) is 13.2 Å². The van der Waals surface area contributed by atoms with Crippen molar-refractivity contribution in [2.45, 2.75) is 6.54 Å². The largest absolute Gasteiger partial charge is 0.478 e. The van der Waals surface area contributed by atoms with E-state index in [1.54, 1.807) is 18.2 Å². The molecular weight excluding hydrogens is 210 g/mol. The number of hydrogen-bond acceptors (Lipinski definition) is 4. The number of nitrogens with one attached hydrogen (secondary N) is 1. The molecule has 0 aliphatic heterocycles. The van der Waals surface area contributed by atoms with Gasteiger partial charge in [-0.1, -0.05) is 12.1 Å². The number of carboxylic acids is 1. The number of benzene rings is 1. The van der Waals surface area contributed by atoms with E-state index >= 15 is 0 Å². The molecule has 0 unspecified atom stereocenters. The number of hydrogen-bond donors (Lipinski definition) is 3. The molecule has 0 radical (unpaired) electrons. The molecule has 0 saturated carbocycles. The first-order valence-corrected chi connectivity index (χ1v) is 4.79. The van der Waals surface area contributed by atoms with E-state index in [0.717, 1.165) is 5.56 Å². The second-order valence-corrected chi connectivity index (χ2v) is 3.31. The van der Waals surface area contributed by atoms with Gasteiger partial charge in [-0.05, 0) is 17.7 Å². The Kier molecular flexibility index (Phi) is 4.63. The second kappa shape index (κ2) is 5.99. The summed E-state index contributed by atoms with van der Waals surface area (Å²) >= 11 is 0. The fraction of sp³-hybridized carbons (Fsp3) is 0.273. The predicted octanol–water partition coefficient (Wildman–Crippen LogP) is 0.0358. The Morgan fingerprint density at radius 2 is 2.06 bits per heavy atom. The molecular formula is C11H13NO4.